The molecule has 14 aliphatic rings. The van der Waals surface area contributed by atoms with Crippen LogP contribution >= 0.6 is 21.6 Å². The normalized spacial score (nSPS) is 47.2. The largest absolute Gasteiger partial charge is 0.508 e. The van der Waals surface area contributed by atoms with Crippen LogP contribution in [0.1, 0.15) is 168 Å². The van der Waals surface area contributed by atoms with Crippen molar-refractivity contribution in [1.82, 2.24) is 5.32 Å². The van der Waals surface area contributed by atoms with E-state index >= 15 is 9.59 Å². The van der Waals surface area contributed by atoms with Gasteiger partial charge in [-0.2, -0.15) is 0 Å². The van der Waals surface area contributed by atoms with Gasteiger partial charge in [-0.05, 0) is 185 Å². The minimum Gasteiger partial charge on any atom is -0.508 e. The molecule has 0 aromatic heterocycles. The molecule has 2 saturated heterocycles. The van der Waals surface area contributed by atoms with Crippen LogP contribution < -0.4 is 10.2 Å². The number of benzene rings is 1. The Morgan fingerprint density at radius 3 is 2.38 bits per heavy atom. The third kappa shape index (κ3) is 8.17. The number of ether oxygens (including phenoxy) is 2. The van der Waals surface area contributed by atoms with E-state index in [-0.39, 0.29) is 73.0 Å². The SMILES string of the molecule is COCCCC1(NCC2CCC3(CN4C(=O)C35C(CO)CCCC5CSSC(O)C35CC(O)C(O)(CO)C6(CCCC6)C3(C)C3CC6C=CCC(O)(C7OC7C(C)C(C)C)C7CCC(O)(C3=CC5=O)C67CCc3cc(O)cc4c3)C2O)CCCC1. The van der Waals surface area contributed by atoms with Crippen molar-refractivity contribution in [1.29, 1.82) is 0 Å². The quantitative estimate of drug-likeness (QED) is 0.0413. The summed E-state index contributed by atoms with van der Waals surface area (Å²) >= 11 is 0. The molecule has 0 radical (unpaired) electrons. The molecule has 8 bridgehead atoms. The minimum absolute atomic E-state index is 0.0263. The molecule has 1 amide bonds. The zero-order chi connectivity index (χ0) is 60.1. The average Bonchev–Trinajstić information content (AvgIpc) is 1.59. The maximum Gasteiger partial charge on any atom is 0.234 e. The standard InChI is InChI=1S/C68H100N2O13S2/c1-40(2)41(3)54-56(83-54)65(79)24-11-15-44-31-49-50-33-52(74)64(34-53(75)67(81,39-72)62(59(49,64)4)22-8-9-23-62)58(78)85-84-37-46-14-10-13-45(36-71)68(46)57(77)70(47-29-42(30-48(73)32-47)16-26-63(44)51(65)18-27-66(50,63)80)38-61(68)25-17-43(55(61)76)35-69-60(19-6-7-20-60)21-12-28-82-5/h11,15,29-30,32-33,40-41,43-46,49,51,53-56,58,69,71-73,75-76,78-81H,6-10,12-14,16-28,31,34-39H2,1-5H3. The number of aliphatic hydroxyl groups is 8. The van der Waals surface area contributed by atoms with Crippen LogP contribution in [-0.2, 0) is 25.5 Å². The van der Waals surface area contributed by atoms with E-state index < -0.39 is 109 Å². The average molecular weight is 1220 g/mol. The summed E-state index contributed by atoms with van der Waals surface area (Å²) in [5, 5.41) is 121. The molecule has 5 spiro atoms. The molecule has 7 saturated carbocycles. The second-order valence-electron chi connectivity index (χ2n) is 30.6. The number of allylic oxidation sites excluding steroid dienone is 2. The number of amides is 1. The summed E-state index contributed by atoms with van der Waals surface area (Å²) < 4.78 is 12.1. The third-order valence-corrected chi connectivity index (χ3v) is 30.5. The van der Waals surface area contributed by atoms with Crippen molar-refractivity contribution in [2.75, 3.05) is 50.7 Å². The summed E-state index contributed by atoms with van der Waals surface area (Å²) in [6.07, 6.45) is 15.8. The second-order valence-corrected chi connectivity index (χ2v) is 33.1. The molecule has 5 aliphatic heterocycles. The topological polar surface area (TPSA) is 253 Å². The Labute approximate surface area is 511 Å². The van der Waals surface area contributed by atoms with Gasteiger partial charge in [-0.15, -0.1) is 0 Å². The van der Waals surface area contributed by atoms with Crippen LogP contribution in [-0.4, -0.2) is 156 Å². The molecule has 1 aromatic rings. The molecular weight excluding hydrogens is 1120 g/mol. The lowest BCUT2D eigenvalue weighted by Crippen LogP contribution is -2.79. The predicted octanol–water partition coefficient (Wildman–Crippen LogP) is 7.93. The predicted molar refractivity (Wildman–Crippen MR) is 327 cm³/mol. The van der Waals surface area contributed by atoms with E-state index in [4.69, 9.17) is 9.47 Å². The maximum absolute atomic E-state index is 16.6. The molecular formula is C68H100N2O13S2. The summed E-state index contributed by atoms with van der Waals surface area (Å²) in [6, 6.07) is 5.39. The van der Waals surface area contributed by atoms with E-state index in [1.54, 1.807) is 25.3 Å². The van der Waals surface area contributed by atoms with Crippen molar-refractivity contribution in [2.45, 2.75) is 221 Å². The fourth-order valence-electron chi connectivity index (χ4n) is 23.5. The van der Waals surface area contributed by atoms with Gasteiger partial charge in [0.05, 0.1) is 41.3 Å². The molecule has 17 heteroatoms. The van der Waals surface area contributed by atoms with Gasteiger partial charge in [0.2, 0.25) is 5.91 Å². The number of methoxy groups -OCH3 is 1. The lowest BCUT2D eigenvalue weighted by molar-refractivity contribution is -0.309. The molecule has 9 fully saturated rings. The van der Waals surface area contributed by atoms with Gasteiger partial charge in [-0.3, -0.25) is 9.59 Å². The maximum atomic E-state index is 16.6. The molecule has 15 nitrogen and oxygen atoms in total. The van der Waals surface area contributed by atoms with Crippen LogP contribution in [0.25, 0.3) is 0 Å². The van der Waals surface area contributed by atoms with Gasteiger partial charge in [-0.1, -0.05) is 93.5 Å². The minimum atomic E-state index is -2.06. The first kappa shape index (κ1) is 61.7. The number of aliphatic hydroxyl groups excluding tert-OH is 5. The van der Waals surface area contributed by atoms with Crippen LogP contribution in [0.15, 0.2) is 42.0 Å². The van der Waals surface area contributed by atoms with E-state index in [2.05, 4.69) is 38.2 Å². The van der Waals surface area contributed by atoms with Crippen LogP contribution in [0.5, 0.6) is 5.75 Å². The Morgan fingerprint density at radius 2 is 1.66 bits per heavy atom. The highest BCUT2D eigenvalue weighted by atomic mass is 33.1. The Balaban J connectivity index is 0.982. The molecule has 20 unspecified atom stereocenters. The van der Waals surface area contributed by atoms with Crippen molar-refractivity contribution in [3.8, 4) is 5.75 Å². The Kier molecular flexibility index (Phi) is 15.8. The van der Waals surface area contributed by atoms with E-state index in [1.165, 1.54) is 21.6 Å². The van der Waals surface area contributed by atoms with Crippen molar-refractivity contribution in [2.24, 2.45) is 79.8 Å². The van der Waals surface area contributed by atoms with Crippen LogP contribution in [0, 0.1) is 79.8 Å². The highest BCUT2D eigenvalue weighted by Gasteiger charge is 2.84. The molecule has 15 rings (SSSR count). The zero-order valence-corrected chi connectivity index (χ0v) is 52.8. The number of nitrogens with zero attached hydrogens (tertiary/aromatic N) is 1. The molecule has 472 valence electrons. The number of phenols is 1. The first-order chi connectivity index (χ1) is 40.5. The lowest BCUT2D eigenvalue weighted by Gasteiger charge is -2.74. The van der Waals surface area contributed by atoms with Crippen molar-refractivity contribution in [3.05, 3.63) is 47.6 Å². The summed E-state index contributed by atoms with van der Waals surface area (Å²) in [4.78, 5) is 34.9. The lowest BCUT2D eigenvalue weighted by atomic mass is 9.31. The number of ketones is 1. The number of aryl methyl sites for hydroxylation is 1. The zero-order valence-electron chi connectivity index (χ0n) is 51.2. The van der Waals surface area contributed by atoms with Gasteiger partial charge in [-0.25, -0.2) is 0 Å². The number of nitrogens with one attached hydrogen (secondary N) is 1. The summed E-state index contributed by atoms with van der Waals surface area (Å²) in [6.45, 7) is 8.94. The Morgan fingerprint density at radius 1 is 0.906 bits per heavy atom. The number of hydrogen-bond donors (Lipinski definition) is 10. The van der Waals surface area contributed by atoms with E-state index in [1.807, 2.05) is 17.9 Å². The molecule has 1 aromatic carbocycles. The van der Waals surface area contributed by atoms with Crippen molar-refractivity contribution >= 4 is 39.0 Å². The Hall–Kier alpha value is -2.10. The van der Waals surface area contributed by atoms with Crippen LogP contribution in [0.2, 0.25) is 0 Å². The first-order valence-corrected chi connectivity index (χ1v) is 35.6. The molecule has 20 atom stereocenters. The summed E-state index contributed by atoms with van der Waals surface area (Å²) in [7, 11) is 4.30. The van der Waals surface area contributed by atoms with Crippen LogP contribution in [0.4, 0.5) is 5.69 Å². The highest BCUT2D eigenvalue weighted by molar-refractivity contribution is 8.76. The molecule has 85 heavy (non-hydrogen) atoms. The molecule has 10 N–H and O–H groups in total. The fraction of sp³-hybridized carbons (Fsp3) is 0.824. The Bertz CT molecular complexity index is 2810. The van der Waals surface area contributed by atoms with Gasteiger partial charge >= 0.3 is 0 Å². The highest BCUT2D eigenvalue weighted by Crippen LogP contribution is 2.81. The van der Waals surface area contributed by atoms with E-state index in [0.29, 0.717) is 114 Å². The van der Waals surface area contributed by atoms with Gasteiger partial charge in [0.25, 0.3) is 0 Å². The monoisotopic (exact) mass is 1220 g/mol. The van der Waals surface area contributed by atoms with Crippen LogP contribution in [0.3, 0.4) is 0 Å². The van der Waals surface area contributed by atoms with Gasteiger partial charge in [0.1, 0.15) is 28.5 Å². The van der Waals surface area contributed by atoms with Gasteiger partial charge < -0.3 is 65.6 Å². The number of phenolic OH excluding ortho intramolecular Hbond substituents is 1. The summed E-state index contributed by atoms with van der Waals surface area (Å²) in [5.74, 6) is -2.51. The number of aromatic hydroxyl groups is 1. The number of carbonyl (C=O) groups excluding carboxylic acids is 2. The first-order valence-electron chi connectivity index (χ1n) is 33.2. The fourth-order valence-corrected chi connectivity index (χ4v) is 26.5. The van der Waals surface area contributed by atoms with E-state index in [9.17, 15) is 46.0 Å². The molecule has 5 heterocycles. The van der Waals surface area contributed by atoms with E-state index in [0.717, 1.165) is 50.5 Å². The number of hydrogen-bond acceptors (Lipinski definition) is 16. The van der Waals surface area contributed by atoms with Gasteiger partial charge in [0, 0.05) is 78.6 Å². The van der Waals surface area contributed by atoms with Crippen molar-refractivity contribution < 1.29 is 65.0 Å². The summed E-state index contributed by atoms with van der Waals surface area (Å²) in [5.41, 5.74) is -12.7. The third-order valence-electron chi connectivity index (χ3n) is 27.8. The van der Waals surface area contributed by atoms with Crippen molar-refractivity contribution in [3.63, 3.8) is 0 Å². The number of fused-ring (bicyclic) bond motifs is 1. The number of epoxide rings is 1. The number of rotatable bonds is 12. The second kappa shape index (κ2) is 21.8. The smallest absolute Gasteiger partial charge is 0.234 e. The molecule has 9 aliphatic carbocycles. The number of carbonyl (C=O) groups is 2. The van der Waals surface area contributed by atoms with Gasteiger partial charge in [0.15, 0.2) is 5.78 Å². The number of anilines is 1.